The van der Waals surface area contributed by atoms with Gasteiger partial charge in [-0.05, 0) is 12.5 Å². The van der Waals surface area contributed by atoms with E-state index in [-0.39, 0.29) is 5.75 Å². The summed E-state index contributed by atoms with van der Waals surface area (Å²) in [6.07, 6.45) is 1.53. The Morgan fingerprint density at radius 3 is 3.08 bits per heavy atom. The van der Waals surface area contributed by atoms with Crippen LogP contribution in [-0.2, 0) is 0 Å². The van der Waals surface area contributed by atoms with Gasteiger partial charge in [-0.25, -0.2) is 4.39 Å². The average Bonchev–Trinajstić information content (AvgIpc) is 2.48. The molecule has 1 heterocycles. The molecule has 2 N–H and O–H groups in total. The molecule has 0 radical (unpaired) electrons. The van der Waals surface area contributed by atoms with E-state index in [0.29, 0.717) is 16.5 Å². The van der Waals surface area contributed by atoms with Crippen molar-refractivity contribution in [2.24, 2.45) is 0 Å². The van der Waals surface area contributed by atoms with Crippen molar-refractivity contribution < 1.29 is 9.50 Å². The van der Waals surface area contributed by atoms with Crippen LogP contribution in [0.1, 0.15) is 5.56 Å². The molecule has 2 rings (SSSR count). The van der Waals surface area contributed by atoms with Gasteiger partial charge < -0.3 is 5.11 Å². The van der Waals surface area contributed by atoms with E-state index >= 15 is 0 Å². The first-order chi connectivity index (χ1) is 5.70. The monoisotopic (exact) mass is 166 g/mol. The number of aromatic amines is 1. The number of aromatic nitrogens is 2. The lowest BCUT2D eigenvalue weighted by Gasteiger charge is -1.99. The number of nitrogens with one attached hydrogen (secondary N) is 1. The average molecular weight is 166 g/mol. The number of nitrogens with zero attached hydrogens (tertiary/aromatic N) is 1. The number of phenols is 1. The summed E-state index contributed by atoms with van der Waals surface area (Å²) in [5.41, 5.74) is 1.06. The van der Waals surface area contributed by atoms with E-state index < -0.39 is 5.82 Å². The summed E-state index contributed by atoms with van der Waals surface area (Å²) >= 11 is 0. The normalized spacial score (nSPS) is 10.8. The summed E-state index contributed by atoms with van der Waals surface area (Å²) in [6, 6.07) is 1.32. The fourth-order valence-electron chi connectivity index (χ4n) is 1.22. The topological polar surface area (TPSA) is 48.9 Å². The molecule has 12 heavy (non-hydrogen) atoms. The molecule has 0 amide bonds. The summed E-state index contributed by atoms with van der Waals surface area (Å²) in [6.45, 7) is 1.60. The minimum atomic E-state index is -0.580. The minimum absolute atomic E-state index is 0.343. The Morgan fingerprint density at radius 1 is 1.58 bits per heavy atom. The molecular formula is C8H7FN2O. The molecule has 1 aromatic carbocycles. The highest BCUT2D eigenvalue weighted by atomic mass is 19.1. The van der Waals surface area contributed by atoms with E-state index in [1.807, 2.05) is 0 Å². The lowest BCUT2D eigenvalue weighted by molar-refractivity contribution is 0.431. The van der Waals surface area contributed by atoms with E-state index in [1.54, 1.807) is 6.92 Å². The number of rotatable bonds is 0. The molecule has 0 aliphatic carbocycles. The Labute approximate surface area is 67.8 Å². The molecule has 0 saturated heterocycles. The maximum atomic E-state index is 13.0. The predicted molar refractivity (Wildman–Crippen MR) is 42.5 cm³/mol. The van der Waals surface area contributed by atoms with Crippen LogP contribution in [-0.4, -0.2) is 15.3 Å². The lowest BCUT2D eigenvalue weighted by atomic mass is 10.1. The molecule has 0 unspecified atom stereocenters. The van der Waals surface area contributed by atoms with E-state index in [4.69, 9.17) is 5.11 Å². The molecule has 0 fully saturated rings. The van der Waals surface area contributed by atoms with Crippen LogP contribution >= 0.6 is 0 Å². The first-order valence-corrected chi connectivity index (χ1v) is 3.51. The smallest absolute Gasteiger partial charge is 0.168 e. The van der Waals surface area contributed by atoms with Crippen molar-refractivity contribution in [3.05, 3.63) is 23.6 Å². The number of halogens is 1. The summed E-state index contributed by atoms with van der Waals surface area (Å²) in [5, 5.41) is 16.2. The Morgan fingerprint density at radius 2 is 2.33 bits per heavy atom. The van der Waals surface area contributed by atoms with Crippen molar-refractivity contribution in [3.8, 4) is 5.75 Å². The number of hydrogen-bond acceptors (Lipinski definition) is 2. The number of aromatic hydroxyl groups is 1. The number of H-pyrrole nitrogens is 1. The van der Waals surface area contributed by atoms with E-state index in [9.17, 15) is 4.39 Å². The highest BCUT2D eigenvalue weighted by Crippen LogP contribution is 2.26. The highest BCUT2D eigenvalue weighted by molar-refractivity contribution is 5.83. The number of benzene rings is 1. The molecule has 0 atom stereocenters. The van der Waals surface area contributed by atoms with Crippen LogP contribution in [0.4, 0.5) is 4.39 Å². The third-order valence-corrected chi connectivity index (χ3v) is 1.91. The van der Waals surface area contributed by atoms with E-state index in [0.717, 1.165) is 0 Å². The van der Waals surface area contributed by atoms with Crippen molar-refractivity contribution >= 4 is 10.9 Å². The van der Waals surface area contributed by atoms with Crippen LogP contribution in [0.25, 0.3) is 10.9 Å². The van der Waals surface area contributed by atoms with Crippen LogP contribution < -0.4 is 0 Å². The molecule has 3 nitrogen and oxygen atoms in total. The van der Waals surface area contributed by atoms with Crippen LogP contribution in [0, 0.1) is 12.7 Å². The van der Waals surface area contributed by atoms with Crippen molar-refractivity contribution in [1.29, 1.82) is 0 Å². The Kier molecular flexibility index (Phi) is 1.30. The van der Waals surface area contributed by atoms with Gasteiger partial charge in [-0.15, -0.1) is 0 Å². The van der Waals surface area contributed by atoms with Gasteiger partial charge in [0.2, 0.25) is 0 Å². The van der Waals surface area contributed by atoms with Gasteiger partial charge in [-0.1, -0.05) is 0 Å². The molecule has 0 aliphatic heterocycles. The first kappa shape index (κ1) is 7.09. The van der Waals surface area contributed by atoms with Crippen molar-refractivity contribution in [2.45, 2.75) is 6.92 Å². The fourth-order valence-corrected chi connectivity index (χ4v) is 1.22. The number of fused-ring (bicyclic) bond motifs is 1. The zero-order valence-corrected chi connectivity index (χ0v) is 6.43. The summed E-state index contributed by atoms with van der Waals surface area (Å²) in [4.78, 5) is 0. The molecule has 62 valence electrons. The predicted octanol–water partition coefficient (Wildman–Crippen LogP) is 1.72. The first-order valence-electron chi connectivity index (χ1n) is 3.51. The Bertz CT molecular complexity index is 436. The summed E-state index contributed by atoms with van der Waals surface area (Å²) in [5.74, 6) is -0.923. The van der Waals surface area contributed by atoms with Gasteiger partial charge in [-0.2, -0.15) is 5.10 Å². The molecule has 0 spiro atoms. The Balaban J connectivity index is 2.94. The largest absolute Gasteiger partial charge is 0.505 e. The second-order valence-electron chi connectivity index (χ2n) is 2.67. The molecule has 1 aromatic heterocycles. The van der Waals surface area contributed by atoms with Gasteiger partial charge in [0.05, 0.1) is 11.7 Å². The van der Waals surface area contributed by atoms with Crippen LogP contribution in [0.15, 0.2) is 12.3 Å². The maximum absolute atomic E-state index is 13.0. The number of aryl methyl sites for hydroxylation is 1. The third kappa shape index (κ3) is 0.777. The van der Waals surface area contributed by atoms with Crippen LogP contribution in [0.2, 0.25) is 0 Å². The minimum Gasteiger partial charge on any atom is -0.505 e. The summed E-state index contributed by atoms with van der Waals surface area (Å²) in [7, 11) is 0. The molecule has 2 aromatic rings. The van der Waals surface area contributed by atoms with Crippen molar-refractivity contribution in [3.63, 3.8) is 0 Å². The number of phenolic OH excluding ortho intramolecular Hbond substituents is 1. The van der Waals surface area contributed by atoms with E-state index in [2.05, 4.69) is 10.2 Å². The second kappa shape index (κ2) is 2.20. The Hall–Kier alpha value is -1.58. The van der Waals surface area contributed by atoms with Crippen LogP contribution in [0.5, 0.6) is 5.75 Å². The zero-order valence-electron chi connectivity index (χ0n) is 6.43. The molecule has 0 aliphatic rings. The molecular weight excluding hydrogens is 159 g/mol. The van der Waals surface area contributed by atoms with Gasteiger partial charge in [0, 0.05) is 11.5 Å². The van der Waals surface area contributed by atoms with Gasteiger partial charge in [0.1, 0.15) is 0 Å². The quantitative estimate of drug-likeness (QED) is 0.626. The fraction of sp³-hybridized carbons (Fsp3) is 0.125. The summed E-state index contributed by atoms with van der Waals surface area (Å²) < 4.78 is 13.0. The zero-order chi connectivity index (χ0) is 8.72. The molecule has 0 saturated carbocycles. The SMILES string of the molecule is Cc1c(F)c(O)cc2[nH]ncc12. The van der Waals surface area contributed by atoms with Crippen molar-refractivity contribution in [2.75, 3.05) is 0 Å². The lowest BCUT2D eigenvalue weighted by Crippen LogP contribution is -1.83. The third-order valence-electron chi connectivity index (χ3n) is 1.91. The van der Waals surface area contributed by atoms with Gasteiger partial charge in [0.25, 0.3) is 0 Å². The number of hydrogen-bond donors (Lipinski definition) is 2. The van der Waals surface area contributed by atoms with Gasteiger partial charge in [-0.3, -0.25) is 5.10 Å². The highest BCUT2D eigenvalue weighted by Gasteiger charge is 2.09. The standard InChI is InChI=1S/C8H7FN2O/c1-4-5-3-10-11-6(5)2-7(12)8(4)9/h2-3,12H,1H3,(H,10,11). The van der Waals surface area contributed by atoms with Gasteiger partial charge in [0.15, 0.2) is 11.6 Å². The van der Waals surface area contributed by atoms with Crippen molar-refractivity contribution in [1.82, 2.24) is 10.2 Å². The van der Waals surface area contributed by atoms with Crippen LogP contribution in [0.3, 0.4) is 0 Å². The molecule has 0 bridgehead atoms. The maximum Gasteiger partial charge on any atom is 0.168 e. The van der Waals surface area contributed by atoms with E-state index in [1.165, 1.54) is 12.3 Å². The second-order valence-corrected chi connectivity index (χ2v) is 2.67. The van der Waals surface area contributed by atoms with Gasteiger partial charge >= 0.3 is 0 Å². The molecule has 4 heteroatoms.